The number of amides is 2. The van der Waals surface area contributed by atoms with Gasteiger partial charge in [-0.15, -0.1) is 0 Å². The van der Waals surface area contributed by atoms with Gasteiger partial charge in [0, 0.05) is 0 Å². The third-order valence-corrected chi connectivity index (χ3v) is 7.27. The summed E-state index contributed by atoms with van der Waals surface area (Å²) in [6.07, 6.45) is 0. The van der Waals surface area contributed by atoms with E-state index in [1.807, 2.05) is 68.4 Å². The summed E-state index contributed by atoms with van der Waals surface area (Å²) < 4.78 is 1.02. The average Bonchev–Trinajstić information content (AvgIpc) is 2.80. The zero-order valence-corrected chi connectivity index (χ0v) is 20.9. The number of carbonyl (C=O) groups is 3. The molecule has 3 aromatic rings. The molecule has 0 aliphatic rings. The number of carbonyl (C=O) groups excluding carboxylic acids is 2. The van der Waals surface area contributed by atoms with E-state index >= 15 is 0 Å². The van der Waals surface area contributed by atoms with E-state index in [2.05, 4.69) is 5.32 Å². The molecule has 169 valence electrons. The molecule has 7 heteroatoms. The number of benzene rings is 3. The van der Waals surface area contributed by atoms with Crippen LogP contribution in [0.3, 0.4) is 0 Å². The summed E-state index contributed by atoms with van der Waals surface area (Å²) in [5, 5.41) is 12.1. The molecule has 1 atom stereocenters. The van der Waals surface area contributed by atoms with Crippen molar-refractivity contribution in [1.82, 2.24) is 4.90 Å². The predicted molar refractivity (Wildman–Crippen MR) is 131 cm³/mol. The molecule has 0 saturated carbocycles. The molecule has 0 fully saturated rings. The number of hydrogen-bond donors (Lipinski definition) is 2. The number of carboxylic acid groups (broad SMARTS) is 1. The maximum atomic E-state index is 12.5. The first-order chi connectivity index (χ1) is 15.7. The van der Waals surface area contributed by atoms with Crippen molar-refractivity contribution in [2.24, 2.45) is 0 Å². The van der Waals surface area contributed by atoms with E-state index in [9.17, 15) is 14.4 Å². The van der Waals surface area contributed by atoms with Crippen molar-refractivity contribution >= 4 is 42.4 Å². The molecule has 0 unspecified atom stereocenters. The Labute approximate surface area is 200 Å². The number of aryl methyl sites for hydroxylation is 2. The van der Waals surface area contributed by atoms with E-state index in [0.717, 1.165) is 32.3 Å². The van der Waals surface area contributed by atoms with Crippen molar-refractivity contribution in [2.45, 2.75) is 26.8 Å². The Hall–Kier alpha value is -3.37. The fraction of sp³-hybridized carbons (Fsp3) is 0.192. The molecule has 0 aromatic heterocycles. The second-order valence-corrected chi connectivity index (χ2v) is 10.3. The van der Waals surface area contributed by atoms with E-state index in [0.29, 0.717) is 5.56 Å². The van der Waals surface area contributed by atoms with Crippen molar-refractivity contribution in [2.75, 3.05) is 12.4 Å². The minimum atomic E-state index is -1.05. The number of aliphatic carboxylic acids is 1. The van der Waals surface area contributed by atoms with Gasteiger partial charge in [0.2, 0.25) is 0 Å². The van der Waals surface area contributed by atoms with Gasteiger partial charge < -0.3 is 5.11 Å². The molecule has 0 aliphatic carbocycles. The molecule has 0 heterocycles. The molecular formula is C26H26AsN2O4. The molecule has 0 bridgehead atoms. The Morgan fingerprint density at radius 3 is 2.03 bits per heavy atom. The van der Waals surface area contributed by atoms with E-state index in [4.69, 9.17) is 5.11 Å². The molecule has 0 spiro atoms. The number of hydrogen-bond acceptors (Lipinski definition) is 3. The monoisotopic (exact) mass is 505 g/mol. The van der Waals surface area contributed by atoms with E-state index in [1.54, 1.807) is 12.1 Å². The van der Waals surface area contributed by atoms with Crippen LogP contribution in [0.2, 0.25) is 0 Å². The van der Waals surface area contributed by atoms with Gasteiger partial charge in [-0.3, -0.25) is 0 Å². The van der Waals surface area contributed by atoms with Crippen molar-refractivity contribution < 1.29 is 19.5 Å². The fourth-order valence-electron chi connectivity index (χ4n) is 3.29. The summed E-state index contributed by atoms with van der Waals surface area (Å²) in [6, 6.07) is 20.0. The summed E-state index contributed by atoms with van der Waals surface area (Å²) in [4.78, 5) is 37.3. The summed E-state index contributed by atoms with van der Waals surface area (Å²) >= 11 is -0.682. The Morgan fingerprint density at radius 2 is 1.48 bits per heavy atom. The van der Waals surface area contributed by atoms with Gasteiger partial charge in [0.05, 0.1) is 0 Å². The summed E-state index contributed by atoms with van der Waals surface area (Å²) in [5.74, 6) is -1.39. The Bertz CT molecular complexity index is 1170. The van der Waals surface area contributed by atoms with Crippen molar-refractivity contribution in [3.63, 3.8) is 0 Å². The standard InChI is InChI=1S/C26H26AsN2O4/c1-16-5-14-23(17(2)15-16)28-26(33)27-22-12-10-20(11-13-22)19-6-8-21(9-7-19)24(30)29(4)18(3)25(31)32/h5-15,18H,1-4H3,(H,28,33)(H,31,32)/t18-/m0/s1. The second-order valence-electron chi connectivity index (χ2n) is 7.91. The maximum absolute atomic E-state index is 12.5. The molecule has 2 N–H and O–H groups in total. The molecule has 6 nitrogen and oxygen atoms in total. The van der Waals surface area contributed by atoms with Crippen LogP contribution >= 0.6 is 0 Å². The minimum absolute atomic E-state index is 0.0218. The SMILES string of the molecule is Cc1ccc(NC(=O)[As]c2ccc(-c3ccc(C(=O)N(C)[C@@H](C)C(=O)O)cc3)cc2)c(C)c1. The van der Waals surface area contributed by atoms with E-state index in [-0.39, 0.29) is 10.6 Å². The van der Waals surface area contributed by atoms with Crippen LogP contribution < -0.4 is 9.67 Å². The van der Waals surface area contributed by atoms with Crippen LogP contribution in [0.1, 0.15) is 28.4 Å². The third-order valence-electron chi connectivity index (χ3n) is 5.45. The second kappa shape index (κ2) is 10.5. The Morgan fingerprint density at radius 1 is 0.909 bits per heavy atom. The molecule has 3 aromatic carbocycles. The van der Waals surface area contributed by atoms with Crippen LogP contribution in [0.15, 0.2) is 66.7 Å². The Kier molecular flexibility index (Phi) is 7.72. The quantitative estimate of drug-likeness (QED) is 0.474. The number of likely N-dealkylation sites (N-methyl/N-ethyl adjacent to an activating group) is 1. The van der Waals surface area contributed by atoms with Gasteiger partial charge in [0.1, 0.15) is 0 Å². The Balaban J connectivity index is 1.64. The number of carboxylic acids is 1. The van der Waals surface area contributed by atoms with Gasteiger partial charge in [-0.25, -0.2) is 4.79 Å². The van der Waals surface area contributed by atoms with Crippen LogP contribution in [-0.4, -0.2) is 55.4 Å². The number of nitrogens with zero attached hydrogens (tertiary/aromatic N) is 1. The first-order valence-corrected chi connectivity index (χ1v) is 12.3. The van der Waals surface area contributed by atoms with Crippen LogP contribution in [-0.2, 0) is 4.79 Å². The van der Waals surface area contributed by atoms with Crippen LogP contribution in [0, 0.1) is 13.8 Å². The first-order valence-electron chi connectivity index (χ1n) is 10.5. The summed E-state index contributed by atoms with van der Waals surface area (Å²) in [7, 11) is 1.48. The molecule has 33 heavy (non-hydrogen) atoms. The predicted octanol–water partition coefficient (Wildman–Crippen LogP) is 4.08. The van der Waals surface area contributed by atoms with Gasteiger partial charge in [-0.05, 0) is 0 Å². The normalized spacial score (nSPS) is 11.9. The number of nitrogens with one attached hydrogen (secondary N) is 1. The molecule has 2 amide bonds. The van der Waals surface area contributed by atoms with Crippen LogP contribution in [0.4, 0.5) is 10.5 Å². The summed E-state index contributed by atoms with van der Waals surface area (Å²) in [5.41, 5.74) is 5.39. The molecule has 0 aliphatic heterocycles. The fourth-order valence-corrected chi connectivity index (χ4v) is 4.78. The molecular weight excluding hydrogens is 479 g/mol. The van der Waals surface area contributed by atoms with Gasteiger partial charge in [-0.2, -0.15) is 0 Å². The average molecular weight is 505 g/mol. The third kappa shape index (κ3) is 6.11. The van der Waals surface area contributed by atoms with Crippen molar-refractivity contribution in [3.8, 4) is 11.1 Å². The van der Waals surface area contributed by atoms with Gasteiger partial charge in [0.15, 0.2) is 0 Å². The first kappa shape index (κ1) is 24.3. The zero-order chi connectivity index (χ0) is 24.1. The molecule has 3 rings (SSSR count). The van der Waals surface area contributed by atoms with E-state index < -0.39 is 27.8 Å². The summed E-state index contributed by atoms with van der Waals surface area (Å²) in [6.45, 7) is 5.48. The van der Waals surface area contributed by atoms with Gasteiger partial charge in [0.25, 0.3) is 0 Å². The zero-order valence-electron chi connectivity index (χ0n) is 19.0. The van der Waals surface area contributed by atoms with E-state index in [1.165, 1.54) is 18.9 Å². The molecule has 1 radical (unpaired) electrons. The number of anilines is 1. The van der Waals surface area contributed by atoms with Crippen LogP contribution in [0.25, 0.3) is 11.1 Å². The van der Waals surface area contributed by atoms with Gasteiger partial charge >= 0.3 is 191 Å². The van der Waals surface area contributed by atoms with Crippen molar-refractivity contribution in [1.29, 1.82) is 0 Å². The van der Waals surface area contributed by atoms with Crippen LogP contribution in [0.5, 0.6) is 0 Å². The number of rotatable bonds is 7. The molecule has 0 saturated heterocycles. The topological polar surface area (TPSA) is 86.7 Å². The van der Waals surface area contributed by atoms with Gasteiger partial charge in [-0.1, -0.05) is 0 Å². The van der Waals surface area contributed by atoms with Crippen molar-refractivity contribution in [3.05, 3.63) is 83.4 Å².